The van der Waals surface area contributed by atoms with Gasteiger partial charge >= 0.3 is 18.3 Å². The normalized spacial score (nSPS) is 11.6. The Kier molecular flexibility index (Phi) is 8.71. The van der Waals surface area contributed by atoms with Gasteiger partial charge in [-0.1, -0.05) is 6.58 Å². The van der Waals surface area contributed by atoms with Crippen LogP contribution in [0.2, 0.25) is 0 Å². The summed E-state index contributed by atoms with van der Waals surface area (Å²) in [5, 5.41) is 9.44. The van der Waals surface area contributed by atoms with Gasteiger partial charge in [0.1, 0.15) is 11.2 Å². The zero-order valence-electron chi connectivity index (χ0n) is 23.9. The lowest BCUT2D eigenvalue weighted by atomic mass is 10.2. The molecule has 0 atom stereocenters. The Morgan fingerprint density at radius 3 is 2.05 bits per heavy atom. The number of benzene rings is 1. The quantitative estimate of drug-likeness (QED) is 0.233. The number of allylic oxidation sites excluding steroid dienone is 1. The topological polar surface area (TPSA) is 142 Å². The molecule has 0 aliphatic heterocycles. The lowest BCUT2D eigenvalue weighted by molar-refractivity contribution is 0.00192. The van der Waals surface area contributed by atoms with Gasteiger partial charge < -0.3 is 19.9 Å². The van der Waals surface area contributed by atoms with E-state index < -0.39 is 29.5 Å². The molecular formula is C28H36N6O6. The maximum atomic E-state index is 13.0. The third-order valence-corrected chi connectivity index (χ3v) is 5.13. The fourth-order valence-electron chi connectivity index (χ4n) is 3.55. The van der Waals surface area contributed by atoms with Crippen LogP contribution in [-0.4, -0.2) is 62.2 Å². The van der Waals surface area contributed by atoms with Crippen LogP contribution in [0.15, 0.2) is 54.9 Å². The van der Waals surface area contributed by atoms with Crippen molar-refractivity contribution in [2.24, 2.45) is 0 Å². The van der Waals surface area contributed by atoms with E-state index in [1.54, 1.807) is 59.7 Å². The summed E-state index contributed by atoms with van der Waals surface area (Å²) in [5.74, 6) is 0.777. The lowest BCUT2D eigenvalue weighted by Crippen LogP contribution is -2.47. The number of hydrogen-bond donors (Lipinski definition) is 1. The largest absolute Gasteiger partial charge is 0.443 e. The Hall–Kier alpha value is -4.61. The number of aromatic nitrogens is 3. The minimum absolute atomic E-state index is 0.129. The minimum atomic E-state index is -0.920. The Labute approximate surface area is 233 Å². The third-order valence-electron chi connectivity index (χ3n) is 5.13. The number of hydrogen-bond acceptors (Lipinski definition) is 9. The van der Waals surface area contributed by atoms with Gasteiger partial charge in [-0.2, -0.15) is 0 Å². The highest BCUT2D eigenvalue weighted by Gasteiger charge is 2.32. The summed E-state index contributed by atoms with van der Waals surface area (Å²) in [6.07, 6.45) is -0.821. The van der Waals surface area contributed by atoms with Crippen molar-refractivity contribution >= 4 is 40.7 Å². The first-order valence-corrected chi connectivity index (χ1v) is 12.6. The second-order valence-corrected chi connectivity index (χ2v) is 11.1. The standard InChI is InChI=1S/C28H36N6O6/c1-18(2)38-24(35)33(15-16-34(25(36)39-27(3,4)5)26(37)40-28(6,7)8)23-12-11-22(30-31-23)32-14-13-19-17-20(29)9-10-21(19)32/h9-14,17H,1,15-16,29H2,2-8H3. The first-order valence-electron chi connectivity index (χ1n) is 12.6. The van der Waals surface area contributed by atoms with Gasteiger partial charge in [-0.05, 0) is 84.9 Å². The number of rotatable bonds is 6. The molecule has 0 saturated carbocycles. The Bertz CT molecular complexity index is 1370. The van der Waals surface area contributed by atoms with E-state index in [9.17, 15) is 14.4 Å². The zero-order valence-corrected chi connectivity index (χ0v) is 23.9. The average Bonchev–Trinajstić information content (AvgIpc) is 3.22. The number of ether oxygens (including phenoxy) is 3. The van der Waals surface area contributed by atoms with Crippen LogP contribution in [0.1, 0.15) is 48.5 Å². The summed E-state index contributed by atoms with van der Waals surface area (Å²) < 4.78 is 17.8. The molecule has 0 radical (unpaired) electrons. The number of nitrogens with two attached hydrogens (primary N) is 1. The number of carbonyl (C=O) groups is 3. The van der Waals surface area contributed by atoms with Gasteiger partial charge in [0.2, 0.25) is 0 Å². The molecule has 0 aliphatic carbocycles. The molecule has 0 unspecified atom stereocenters. The first-order chi connectivity index (χ1) is 18.5. The molecule has 2 heterocycles. The van der Waals surface area contributed by atoms with Gasteiger partial charge in [-0.15, -0.1) is 10.2 Å². The zero-order chi connectivity index (χ0) is 29.8. The third kappa shape index (κ3) is 7.95. The highest BCUT2D eigenvalue weighted by molar-refractivity contribution is 5.90. The average molecular weight is 553 g/mol. The van der Waals surface area contributed by atoms with Crippen LogP contribution in [0.25, 0.3) is 16.7 Å². The highest BCUT2D eigenvalue weighted by atomic mass is 16.6. The number of imide groups is 1. The molecule has 2 aromatic heterocycles. The first kappa shape index (κ1) is 29.9. The van der Waals surface area contributed by atoms with Crippen LogP contribution in [0.4, 0.5) is 25.9 Å². The highest BCUT2D eigenvalue weighted by Crippen LogP contribution is 2.23. The van der Waals surface area contributed by atoms with Crippen molar-refractivity contribution in [3.05, 3.63) is 54.9 Å². The molecule has 12 heteroatoms. The Morgan fingerprint density at radius 1 is 0.900 bits per heavy atom. The van der Waals surface area contributed by atoms with E-state index in [0.29, 0.717) is 11.5 Å². The Morgan fingerprint density at radius 2 is 1.52 bits per heavy atom. The van der Waals surface area contributed by atoms with Crippen molar-refractivity contribution in [2.75, 3.05) is 23.7 Å². The molecule has 12 nitrogen and oxygen atoms in total. The van der Waals surface area contributed by atoms with E-state index in [2.05, 4.69) is 16.8 Å². The number of anilines is 2. The predicted molar refractivity (Wildman–Crippen MR) is 151 cm³/mol. The number of nitrogens with zero attached hydrogens (tertiary/aromatic N) is 5. The van der Waals surface area contributed by atoms with Crippen LogP contribution in [0.5, 0.6) is 0 Å². The van der Waals surface area contributed by atoms with Gasteiger partial charge in [0.05, 0.1) is 17.8 Å². The van der Waals surface area contributed by atoms with E-state index in [0.717, 1.165) is 20.7 Å². The van der Waals surface area contributed by atoms with Crippen molar-refractivity contribution in [1.82, 2.24) is 19.7 Å². The van der Waals surface area contributed by atoms with Crippen molar-refractivity contribution in [3.8, 4) is 5.82 Å². The van der Waals surface area contributed by atoms with Gasteiger partial charge in [0.25, 0.3) is 0 Å². The van der Waals surface area contributed by atoms with E-state index >= 15 is 0 Å². The van der Waals surface area contributed by atoms with Crippen molar-refractivity contribution in [3.63, 3.8) is 0 Å². The molecule has 1 aromatic carbocycles. The van der Waals surface area contributed by atoms with E-state index in [1.165, 1.54) is 6.92 Å². The second kappa shape index (κ2) is 11.6. The summed E-state index contributed by atoms with van der Waals surface area (Å²) in [7, 11) is 0. The molecule has 214 valence electrons. The van der Waals surface area contributed by atoms with Crippen LogP contribution >= 0.6 is 0 Å². The fourth-order valence-corrected chi connectivity index (χ4v) is 3.55. The van der Waals surface area contributed by atoms with Crippen LogP contribution in [-0.2, 0) is 14.2 Å². The Balaban J connectivity index is 1.90. The van der Waals surface area contributed by atoms with Crippen molar-refractivity contribution < 1.29 is 28.6 Å². The summed E-state index contributed by atoms with van der Waals surface area (Å²) in [6.45, 7) is 14.7. The number of nitrogen functional groups attached to an aromatic ring is 1. The summed E-state index contributed by atoms with van der Waals surface area (Å²) >= 11 is 0. The van der Waals surface area contributed by atoms with Gasteiger partial charge in [-0.3, -0.25) is 9.47 Å². The molecule has 3 rings (SSSR count). The van der Waals surface area contributed by atoms with Gasteiger partial charge in [0, 0.05) is 23.8 Å². The van der Waals surface area contributed by atoms with Crippen LogP contribution in [0.3, 0.4) is 0 Å². The second-order valence-electron chi connectivity index (χ2n) is 11.1. The molecule has 0 spiro atoms. The van der Waals surface area contributed by atoms with Crippen LogP contribution < -0.4 is 10.6 Å². The monoisotopic (exact) mass is 552 g/mol. The van der Waals surface area contributed by atoms with E-state index in [-0.39, 0.29) is 24.7 Å². The van der Waals surface area contributed by atoms with Gasteiger partial charge in [0.15, 0.2) is 11.6 Å². The minimum Gasteiger partial charge on any atom is -0.443 e. The molecule has 3 aromatic rings. The van der Waals surface area contributed by atoms with E-state index in [1.807, 2.05) is 29.0 Å². The smallest absolute Gasteiger partial charge is 0.420 e. The summed E-state index contributed by atoms with van der Waals surface area (Å²) in [4.78, 5) is 40.7. The lowest BCUT2D eigenvalue weighted by Gasteiger charge is -2.30. The summed E-state index contributed by atoms with van der Waals surface area (Å²) in [5.41, 5.74) is 5.66. The van der Waals surface area contributed by atoms with Gasteiger partial charge in [-0.25, -0.2) is 19.3 Å². The molecule has 40 heavy (non-hydrogen) atoms. The number of fused-ring (bicyclic) bond motifs is 1. The van der Waals surface area contributed by atoms with Crippen molar-refractivity contribution in [2.45, 2.75) is 59.7 Å². The maximum absolute atomic E-state index is 13.0. The predicted octanol–water partition coefficient (Wildman–Crippen LogP) is 5.65. The SMILES string of the molecule is C=C(C)OC(=O)N(CCN(C(=O)OC(C)(C)C)C(=O)OC(C)(C)C)c1ccc(-n2ccc3cc(N)ccc32)nn1. The molecule has 2 N–H and O–H groups in total. The molecule has 0 bridgehead atoms. The van der Waals surface area contributed by atoms with Crippen LogP contribution in [0, 0.1) is 0 Å². The molecule has 0 fully saturated rings. The fraction of sp³-hybridized carbons (Fsp3) is 0.393. The summed E-state index contributed by atoms with van der Waals surface area (Å²) in [6, 6.07) is 10.7. The maximum Gasteiger partial charge on any atom is 0.420 e. The molecule has 3 amide bonds. The number of amides is 3. The number of carbonyl (C=O) groups excluding carboxylic acids is 3. The molecular weight excluding hydrogens is 516 g/mol. The molecule has 0 saturated heterocycles. The van der Waals surface area contributed by atoms with Crippen molar-refractivity contribution in [1.29, 1.82) is 0 Å². The molecule has 0 aliphatic rings. The van der Waals surface area contributed by atoms with E-state index in [4.69, 9.17) is 19.9 Å².